The Hall–Kier alpha value is -2.44. The maximum Gasteiger partial charge on any atom is 0.387 e. The van der Waals surface area contributed by atoms with E-state index in [9.17, 15) is 13.6 Å². The van der Waals surface area contributed by atoms with Crippen LogP contribution in [-0.2, 0) is 4.79 Å². The topological polar surface area (TPSA) is 63.2 Å². The summed E-state index contributed by atoms with van der Waals surface area (Å²) in [6, 6.07) is 6.31. The number of nitrogens with zero attached hydrogens (tertiary/aromatic N) is 1. The highest BCUT2D eigenvalue weighted by Crippen LogP contribution is 2.27. The van der Waals surface area contributed by atoms with Gasteiger partial charge in [-0.25, -0.2) is 0 Å². The summed E-state index contributed by atoms with van der Waals surface area (Å²) >= 11 is 0. The quantitative estimate of drug-likeness (QED) is 0.822. The number of rotatable bonds is 7. The molecule has 0 fully saturated rings. The molecule has 2 aromatic rings. The first-order valence-electron chi connectivity index (χ1n) is 7.36. The number of anilines is 1. The minimum Gasteiger partial charge on any atom is -0.435 e. The number of pyridine rings is 1. The average molecular weight is 323 g/mol. The summed E-state index contributed by atoms with van der Waals surface area (Å²) in [6.07, 6.45) is 0.858. The summed E-state index contributed by atoms with van der Waals surface area (Å²) < 4.78 is 29.1. The third-order valence-electron chi connectivity index (χ3n) is 3.14. The maximum absolute atomic E-state index is 12.4. The van der Waals surface area contributed by atoms with Gasteiger partial charge in [-0.2, -0.15) is 8.78 Å². The molecule has 5 nitrogen and oxygen atoms in total. The Morgan fingerprint density at radius 1 is 1.35 bits per heavy atom. The SMILES string of the molecule is CCCNC(=O)CNc1cc(C)nc2ccc(OC(F)F)cc12. The van der Waals surface area contributed by atoms with E-state index in [1.807, 2.05) is 13.8 Å². The van der Waals surface area contributed by atoms with E-state index in [-0.39, 0.29) is 18.2 Å². The Labute approximate surface area is 133 Å². The number of hydrogen-bond donors (Lipinski definition) is 2. The van der Waals surface area contributed by atoms with Crippen molar-refractivity contribution in [2.75, 3.05) is 18.4 Å². The van der Waals surface area contributed by atoms with Crippen molar-refractivity contribution in [1.29, 1.82) is 0 Å². The molecule has 0 radical (unpaired) electrons. The molecular weight excluding hydrogens is 304 g/mol. The molecule has 0 spiro atoms. The molecule has 1 aromatic heterocycles. The lowest BCUT2D eigenvalue weighted by Gasteiger charge is -2.12. The van der Waals surface area contributed by atoms with Crippen LogP contribution in [0.15, 0.2) is 24.3 Å². The number of fused-ring (bicyclic) bond motifs is 1. The number of amides is 1. The van der Waals surface area contributed by atoms with Gasteiger partial charge >= 0.3 is 6.61 Å². The number of carbonyl (C=O) groups is 1. The van der Waals surface area contributed by atoms with Crippen molar-refractivity contribution in [3.8, 4) is 5.75 Å². The number of aryl methyl sites for hydroxylation is 1. The molecule has 0 aliphatic rings. The summed E-state index contributed by atoms with van der Waals surface area (Å²) in [6.45, 7) is 1.62. The molecule has 0 saturated heterocycles. The molecule has 0 saturated carbocycles. The molecular formula is C16H19F2N3O2. The Kier molecular flexibility index (Phi) is 5.67. The van der Waals surface area contributed by atoms with Crippen molar-refractivity contribution >= 4 is 22.5 Å². The van der Waals surface area contributed by atoms with Gasteiger partial charge in [0.1, 0.15) is 5.75 Å². The third kappa shape index (κ3) is 4.77. The predicted octanol–water partition coefficient (Wildman–Crippen LogP) is 3.08. The molecule has 2 rings (SSSR count). The zero-order valence-electron chi connectivity index (χ0n) is 13.0. The highest BCUT2D eigenvalue weighted by molar-refractivity contribution is 5.94. The van der Waals surface area contributed by atoms with E-state index in [1.54, 1.807) is 12.1 Å². The fraction of sp³-hybridized carbons (Fsp3) is 0.375. The zero-order valence-corrected chi connectivity index (χ0v) is 13.0. The van der Waals surface area contributed by atoms with E-state index in [0.29, 0.717) is 23.1 Å². The van der Waals surface area contributed by atoms with E-state index in [1.165, 1.54) is 12.1 Å². The molecule has 124 valence electrons. The van der Waals surface area contributed by atoms with Gasteiger partial charge in [0.05, 0.1) is 12.1 Å². The number of halogens is 2. The Morgan fingerprint density at radius 3 is 2.83 bits per heavy atom. The standard InChI is InChI=1S/C16H19F2N3O2/c1-3-6-19-15(22)9-20-14-7-10(2)21-13-5-4-11(8-12(13)14)23-16(17)18/h4-5,7-8,16H,3,6,9H2,1-2H3,(H,19,22)(H,20,21). The second kappa shape index (κ2) is 7.71. The van der Waals surface area contributed by atoms with E-state index in [4.69, 9.17) is 0 Å². The van der Waals surface area contributed by atoms with Crippen LogP contribution in [0.25, 0.3) is 10.9 Å². The van der Waals surface area contributed by atoms with Crippen LogP contribution < -0.4 is 15.4 Å². The molecule has 7 heteroatoms. The van der Waals surface area contributed by atoms with Crippen LogP contribution >= 0.6 is 0 Å². The van der Waals surface area contributed by atoms with Crippen molar-refractivity contribution < 1.29 is 18.3 Å². The molecule has 0 bridgehead atoms. The minimum atomic E-state index is -2.89. The smallest absolute Gasteiger partial charge is 0.387 e. The third-order valence-corrected chi connectivity index (χ3v) is 3.14. The highest BCUT2D eigenvalue weighted by Gasteiger charge is 2.10. The second-order valence-corrected chi connectivity index (χ2v) is 5.07. The molecule has 1 amide bonds. The number of nitrogens with one attached hydrogen (secondary N) is 2. The van der Waals surface area contributed by atoms with Crippen LogP contribution in [-0.4, -0.2) is 30.6 Å². The van der Waals surface area contributed by atoms with Crippen LogP contribution in [0.4, 0.5) is 14.5 Å². The van der Waals surface area contributed by atoms with Crippen LogP contribution in [0.3, 0.4) is 0 Å². The molecule has 0 aliphatic carbocycles. The van der Waals surface area contributed by atoms with E-state index >= 15 is 0 Å². The molecule has 0 atom stereocenters. The van der Waals surface area contributed by atoms with Gasteiger partial charge in [-0.1, -0.05) is 6.92 Å². The number of benzene rings is 1. The van der Waals surface area contributed by atoms with Crippen LogP contribution in [0, 0.1) is 6.92 Å². The molecule has 23 heavy (non-hydrogen) atoms. The Balaban J connectivity index is 2.24. The second-order valence-electron chi connectivity index (χ2n) is 5.07. The Bertz CT molecular complexity index is 692. The fourth-order valence-electron chi connectivity index (χ4n) is 2.16. The van der Waals surface area contributed by atoms with Crippen molar-refractivity contribution in [3.05, 3.63) is 30.0 Å². The number of alkyl halides is 2. The lowest BCUT2D eigenvalue weighted by molar-refractivity contribution is -0.119. The maximum atomic E-state index is 12.4. The van der Waals surface area contributed by atoms with Gasteiger partial charge in [0.15, 0.2) is 0 Å². The van der Waals surface area contributed by atoms with Gasteiger partial charge in [0.25, 0.3) is 0 Å². The molecule has 0 unspecified atom stereocenters. The van der Waals surface area contributed by atoms with Gasteiger partial charge in [-0.3, -0.25) is 9.78 Å². The summed E-state index contributed by atoms with van der Waals surface area (Å²) in [4.78, 5) is 16.0. The number of carbonyl (C=O) groups excluding carboxylic acids is 1. The normalized spacial score (nSPS) is 10.8. The summed E-state index contributed by atoms with van der Waals surface area (Å²) in [7, 11) is 0. The first kappa shape index (κ1) is 16.9. The average Bonchev–Trinajstić information content (AvgIpc) is 2.50. The first-order chi connectivity index (χ1) is 11.0. The first-order valence-corrected chi connectivity index (χ1v) is 7.36. The van der Waals surface area contributed by atoms with Crippen molar-refractivity contribution in [3.63, 3.8) is 0 Å². The summed E-state index contributed by atoms with van der Waals surface area (Å²) in [5.74, 6) is -0.0777. The predicted molar refractivity (Wildman–Crippen MR) is 84.9 cm³/mol. The molecule has 1 aromatic carbocycles. The lowest BCUT2D eigenvalue weighted by atomic mass is 10.1. The Morgan fingerprint density at radius 2 is 2.13 bits per heavy atom. The van der Waals surface area contributed by atoms with Crippen molar-refractivity contribution in [2.45, 2.75) is 26.9 Å². The number of ether oxygens (including phenoxy) is 1. The van der Waals surface area contributed by atoms with Gasteiger partial charge < -0.3 is 15.4 Å². The largest absolute Gasteiger partial charge is 0.435 e. The monoisotopic (exact) mass is 323 g/mol. The van der Waals surface area contributed by atoms with Crippen LogP contribution in [0.1, 0.15) is 19.0 Å². The van der Waals surface area contributed by atoms with Gasteiger partial charge in [-0.05, 0) is 37.6 Å². The van der Waals surface area contributed by atoms with E-state index in [0.717, 1.165) is 12.1 Å². The number of aromatic nitrogens is 1. The summed E-state index contributed by atoms with van der Waals surface area (Å²) in [5, 5.41) is 6.41. The van der Waals surface area contributed by atoms with Crippen LogP contribution in [0.2, 0.25) is 0 Å². The molecule has 1 heterocycles. The van der Waals surface area contributed by atoms with Crippen molar-refractivity contribution in [2.24, 2.45) is 0 Å². The number of hydrogen-bond acceptors (Lipinski definition) is 4. The lowest BCUT2D eigenvalue weighted by Crippen LogP contribution is -2.30. The molecule has 2 N–H and O–H groups in total. The van der Waals surface area contributed by atoms with Gasteiger partial charge in [0, 0.05) is 23.3 Å². The van der Waals surface area contributed by atoms with Crippen LogP contribution in [0.5, 0.6) is 5.75 Å². The van der Waals surface area contributed by atoms with Gasteiger partial charge in [-0.15, -0.1) is 0 Å². The fourth-order valence-corrected chi connectivity index (χ4v) is 2.16. The van der Waals surface area contributed by atoms with E-state index in [2.05, 4.69) is 20.4 Å². The van der Waals surface area contributed by atoms with Gasteiger partial charge in [0.2, 0.25) is 5.91 Å². The zero-order chi connectivity index (χ0) is 16.8. The van der Waals surface area contributed by atoms with E-state index < -0.39 is 6.61 Å². The highest BCUT2D eigenvalue weighted by atomic mass is 19.3. The minimum absolute atomic E-state index is 0.0524. The van der Waals surface area contributed by atoms with Crippen molar-refractivity contribution in [1.82, 2.24) is 10.3 Å². The molecule has 0 aliphatic heterocycles. The summed E-state index contributed by atoms with van der Waals surface area (Å²) in [5.41, 5.74) is 2.05.